The van der Waals surface area contributed by atoms with Gasteiger partial charge in [-0.1, -0.05) is 51.5 Å². The van der Waals surface area contributed by atoms with Gasteiger partial charge in [-0.25, -0.2) is 0 Å². The summed E-state index contributed by atoms with van der Waals surface area (Å²) in [6.45, 7) is 8.19. The summed E-state index contributed by atoms with van der Waals surface area (Å²) in [6.07, 6.45) is 5.33. The highest BCUT2D eigenvalue weighted by atomic mass is 14.8. The van der Waals surface area contributed by atoms with Crippen molar-refractivity contribution in [3.05, 3.63) is 35.4 Å². The molecular formula is C19H31N. The van der Waals surface area contributed by atoms with Crippen molar-refractivity contribution in [2.24, 2.45) is 17.8 Å². The fourth-order valence-corrected chi connectivity index (χ4v) is 3.78. The van der Waals surface area contributed by atoms with E-state index < -0.39 is 0 Å². The molecule has 0 aliphatic heterocycles. The Morgan fingerprint density at radius 2 is 2.05 bits per heavy atom. The van der Waals surface area contributed by atoms with Crippen molar-refractivity contribution in [3.63, 3.8) is 0 Å². The van der Waals surface area contributed by atoms with E-state index in [2.05, 4.69) is 57.4 Å². The van der Waals surface area contributed by atoms with E-state index in [1.807, 2.05) is 0 Å². The molecule has 1 nitrogen and oxygen atoms in total. The Hall–Kier alpha value is -0.820. The molecule has 112 valence electrons. The van der Waals surface area contributed by atoms with Gasteiger partial charge in [-0.05, 0) is 67.7 Å². The van der Waals surface area contributed by atoms with Gasteiger partial charge in [0.25, 0.3) is 0 Å². The fourth-order valence-electron chi connectivity index (χ4n) is 3.78. The van der Waals surface area contributed by atoms with Gasteiger partial charge < -0.3 is 5.32 Å². The number of benzene rings is 1. The standard InChI is InChI=1S/C19H31N/c1-14(2)10-16-6-5-7-17(12-16)19-11-15(3)8-9-18(19)13-20-4/h5-7,12,14-15,18-20H,8-11,13H2,1-4H3. The molecule has 1 fully saturated rings. The molecule has 0 heterocycles. The first-order valence-corrected chi connectivity index (χ1v) is 8.33. The van der Waals surface area contributed by atoms with E-state index in [1.165, 1.54) is 31.2 Å². The molecule has 2 rings (SSSR count). The van der Waals surface area contributed by atoms with Crippen molar-refractivity contribution in [3.8, 4) is 0 Å². The summed E-state index contributed by atoms with van der Waals surface area (Å²) in [5.41, 5.74) is 3.09. The van der Waals surface area contributed by atoms with E-state index in [4.69, 9.17) is 0 Å². The van der Waals surface area contributed by atoms with Crippen LogP contribution in [0.5, 0.6) is 0 Å². The highest BCUT2D eigenvalue weighted by Gasteiger charge is 2.29. The molecule has 1 N–H and O–H groups in total. The molecule has 0 aromatic heterocycles. The van der Waals surface area contributed by atoms with Crippen molar-refractivity contribution in [1.29, 1.82) is 0 Å². The summed E-state index contributed by atoms with van der Waals surface area (Å²) in [4.78, 5) is 0. The van der Waals surface area contributed by atoms with Crippen molar-refractivity contribution in [2.45, 2.75) is 52.4 Å². The Kier molecular flexibility index (Phi) is 5.65. The SMILES string of the molecule is CNCC1CCC(C)CC1c1cccc(CC(C)C)c1. The molecule has 1 aromatic carbocycles. The molecular weight excluding hydrogens is 242 g/mol. The maximum absolute atomic E-state index is 3.40. The predicted octanol–water partition coefficient (Wildman–Crippen LogP) is 4.62. The second-order valence-electron chi connectivity index (χ2n) is 7.19. The molecule has 0 saturated heterocycles. The summed E-state index contributed by atoms with van der Waals surface area (Å²) in [5.74, 6) is 3.18. The minimum absolute atomic E-state index is 0.739. The average molecular weight is 273 g/mol. The van der Waals surface area contributed by atoms with Crippen LogP contribution in [0.15, 0.2) is 24.3 Å². The normalized spacial score (nSPS) is 26.9. The quantitative estimate of drug-likeness (QED) is 0.825. The number of rotatable bonds is 5. The van der Waals surface area contributed by atoms with Gasteiger partial charge in [0.15, 0.2) is 0 Å². The van der Waals surface area contributed by atoms with Crippen LogP contribution < -0.4 is 5.32 Å². The van der Waals surface area contributed by atoms with E-state index in [-0.39, 0.29) is 0 Å². The van der Waals surface area contributed by atoms with Crippen LogP contribution >= 0.6 is 0 Å². The molecule has 1 aromatic rings. The summed E-state index contributed by atoms with van der Waals surface area (Å²) in [6, 6.07) is 9.39. The van der Waals surface area contributed by atoms with E-state index in [9.17, 15) is 0 Å². The van der Waals surface area contributed by atoms with Crippen LogP contribution in [0.25, 0.3) is 0 Å². The van der Waals surface area contributed by atoms with Crippen molar-refractivity contribution in [1.82, 2.24) is 5.32 Å². The minimum atomic E-state index is 0.739. The van der Waals surface area contributed by atoms with E-state index >= 15 is 0 Å². The first-order valence-electron chi connectivity index (χ1n) is 8.33. The predicted molar refractivity (Wildman–Crippen MR) is 88.2 cm³/mol. The summed E-state index contributed by atoms with van der Waals surface area (Å²) in [7, 11) is 2.09. The second-order valence-corrected chi connectivity index (χ2v) is 7.19. The number of nitrogens with one attached hydrogen (secondary N) is 1. The Labute approximate surface area is 125 Å². The van der Waals surface area contributed by atoms with Crippen molar-refractivity contribution >= 4 is 0 Å². The van der Waals surface area contributed by atoms with Gasteiger partial charge in [0.1, 0.15) is 0 Å². The highest BCUT2D eigenvalue weighted by molar-refractivity contribution is 5.28. The minimum Gasteiger partial charge on any atom is -0.319 e. The third-order valence-electron chi connectivity index (χ3n) is 4.75. The number of hydrogen-bond acceptors (Lipinski definition) is 1. The summed E-state index contributed by atoms with van der Waals surface area (Å²) >= 11 is 0. The molecule has 20 heavy (non-hydrogen) atoms. The first-order chi connectivity index (χ1) is 9.60. The molecule has 0 amide bonds. The van der Waals surface area contributed by atoms with Gasteiger partial charge in [0.05, 0.1) is 0 Å². The van der Waals surface area contributed by atoms with Crippen molar-refractivity contribution in [2.75, 3.05) is 13.6 Å². The van der Waals surface area contributed by atoms with E-state index in [0.29, 0.717) is 0 Å². The maximum Gasteiger partial charge on any atom is -0.00177 e. The van der Waals surface area contributed by atoms with Gasteiger partial charge in [-0.3, -0.25) is 0 Å². The third kappa shape index (κ3) is 4.09. The molecule has 0 radical (unpaired) electrons. The lowest BCUT2D eigenvalue weighted by molar-refractivity contribution is 0.245. The van der Waals surface area contributed by atoms with Crippen LogP contribution in [0.3, 0.4) is 0 Å². The average Bonchev–Trinajstić information content (AvgIpc) is 2.40. The Bertz CT molecular complexity index is 410. The zero-order valence-corrected chi connectivity index (χ0v) is 13.7. The Balaban J connectivity index is 2.17. The molecule has 0 bridgehead atoms. The molecule has 3 unspecified atom stereocenters. The Morgan fingerprint density at radius 3 is 2.75 bits per heavy atom. The molecule has 1 aliphatic rings. The van der Waals surface area contributed by atoms with Crippen LogP contribution in [-0.2, 0) is 6.42 Å². The monoisotopic (exact) mass is 273 g/mol. The smallest absolute Gasteiger partial charge is 0.00177 e. The van der Waals surface area contributed by atoms with Gasteiger partial charge in [-0.2, -0.15) is 0 Å². The van der Waals surface area contributed by atoms with Crippen LogP contribution in [0.1, 0.15) is 57.1 Å². The van der Waals surface area contributed by atoms with E-state index in [1.54, 1.807) is 5.56 Å². The van der Waals surface area contributed by atoms with Crippen molar-refractivity contribution < 1.29 is 0 Å². The lowest BCUT2D eigenvalue weighted by Gasteiger charge is -2.35. The molecule has 0 spiro atoms. The molecule has 1 heteroatoms. The largest absolute Gasteiger partial charge is 0.319 e. The van der Waals surface area contributed by atoms with Crippen LogP contribution in [0, 0.1) is 17.8 Å². The van der Waals surface area contributed by atoms with E-state index in [0.717, 1.165) is 30.2 Å². The first kappa shape index (κ1) is 15.6. The lowest BCUT2D eigenvalue weighted by atomic mass is 9.71. The third-order valence-corrected chi connectivity index (χ3v) is 4.75. The summed E-state index contributed by atoms with van der Waals surface area (Å²) < 4.78 is 0. The van der Waals surface area contributed by atoms with Crippen LogP contribution in [0.4, 0.5) is 0 Å². The molecule has 1 aliphatic carbocycles. The molecule has 1 saturated carbocycles. The van der Waals surface area contributed by atoms with Crippen LogP contribution in [-0.4, -0.2) is 13.6 Å². The highest BCUT2D eigenvalue weighted by Crippen LogP contribution is 2.40. The second kappa shape index (κ2) is 7.26. The van der Waals surface area contributed by atoms with Gasteiger partial charge in [-0.15, -0.1) is 0 Å². The van der Waals surface area contributed by atoms with Gasteiger partial charge in [0.2, 0.25) is 0 Å². The fraction of sp³-hybridized carbons (Fsp3) is 0.684. The van der Waals surface area contributed by atoms with Gasteiger partial charge in [0, 0.05) is 0 Å². The number of hydrogen-bond donors (Lipinski definition) is 1. The topological polar surface area (TPSA) is 12.0 Å². The Morgan fingerprint density at radius 1 is 1.25 bits per heavy atom. The lowest BCUT2D eigenvalue weighted by Crippen LogP contribution is -2.30. The zero-order valence-electron chi connectivity index (χ0n) is 13.7. The zero-order chi connectivity index (χ0) is 14.5. The van der Waals surface area contributed by atoms with Crippen LogP contribution in [0.2, 0.25) is 0 Å². The van der Waals surface area contributed by atoms with Gasteiger partial charge >= 0.3 is 0 Å². The maximum atomic E-state index is 3.40. The summed E-state index contributed by atoms with van der Waals surface area (Å²) in [5, 5.41) is 3.40. The molecule has 3 atom stereocenters.